The molecule has 7 nitrogen and oxygen atoms in total. The van der Waals surface area contributed by atoms with Crippen LogP contribution in [0.3, 0.4) is 0 Å². The molecule has 24 heavy (non-hydrogen) atoms. The van der Waals surface area contributed by atoms with Gasteiger partial charge in [-0.25, -0.2) is 16.8 Å². The van der Waals surface area contributed by atoms with Gasteiger partial charge in [-0.15, -0.1) is 0 Å². The zero-order valence-electron chi connectivity index (χ0n) is 14.0. The second-order valence-electron chi connectivity index (χ2n) is 6.13. The Morgan fingerprint density at radius 1 is 0.917 bits per heavy atom. The lowest BCUT2D eigenvalue weighted by Gasteiger charge is -2.34. The van der Waals surface area contributed by atoms with Crippen LogP contribution >= 0.6 is 0 Å². The molecule has 0 aromatic heterocycles. The van der Waals surface area contributed by atoms with Crippen molar-refractivity contribution >= 4 is 25.8 Å². The summed E-state index contributed by atoms with van der Waals surface area (Å²) in [6.45, 7) is 4.81. The summed E-state index contributed by atoms with van der Waals surface area (Å²) in [5.41, 5.74) is 0. The van der Waals surface area contributed by atoms with Crippen molar-refractivity contribution in [2.45, 2.75) is 23.6 Å². The summed E-state index contributed by atoms with van der Waals surface area (Å²) in [7, 11) is -7.06. The zero-order valence-corrected chi connectivity index (χ0v) is 15.6. The van der Waals surface area contributed by atoms with Crippen molar-refractivity contribution in [3.63, 3.8) is 0 Å². The third kappa shape index (κ3) is 3.96. The van der Waals surface area contributed by atoms with Crippen molar-refractivity contribution in [1.29, 1.82) is 0 Å². The maximum absolute atomic E-state index is 12.6. The van der Waals surface area contributed by atoms with E-state index < -0.39 is 19.9 Å². The third-order valence-electron chi connectivity index (χ3n) is 3.93. The van der Waals surface area contributed by atoms with Crippen LogP contribution in [0.1, 0.15) is 13.8 Å². The molecular formula is C15H22N2O5S2. The highest BCUT2D eigenvalue weighted by molar-refractivity contribution is 7.90. The molecule has 0 spiro atoms. The molecule has 0 N–H and O–H groups in total. The molecule has 1 aliphatic rings. The summed E-state index contributed by atoms with van der Waals surface area (Å²) in [5, 5.41) is 0. The fraction of sp³-hybridized carbons (Fsp3) is 0.533. The normalized spacial score (nSPS) is 17.2. The monoisotopic (exact) mass is 374 g/mol. The smallest absolute Gasteiger partial charge is 0.243 e. The predicted octanol–water partition coefficient (Wildman–Crippen LogP) is 0.579. The van der Waals surface area contributed by atoms with Crippen LogP contribution in [0.15, 0.2) is 34.1 Å². The standard InChI is InChI=1S/C15H22N2O5S2/c1-12(2)15(18)16-8-10-17(11-9-16)24(21,22)14-6-4-13(5-7-14)23(3,19)20/h4-7,12H,8-11H2,1-3H3. The van der Waals surface area contributed by atoms with Crippen LogP contribution in [0.2, 0.25) is 0 Å². The Morgan fingerprint density at radius 2 is 1.38 bits per heavy atom. The highest BCUT2D eigenvalue weighted by Gasteiger charge is 2.30. The van der Waals surface area contributed by atoms with Crippen LogP contribution in [-0.4, -0.2) is 64.4 Å². The summed E-state index contributed by atoms with van der Waals surface area (Å²) in [4.78, 5) is 13.8. The molecule has 1 aromatic rings. The van der Waals surface area contributed by atoms with Crippen molar-refractivity contribution in [2.24, 2.45) is 5.92 Å². The van der Waals surface area contributed by atoms with E-state index in [4.69, 9.17) is 0 Å². The van der Waals surface area contributed by atoms with E-state index in [-0.39, 0.29) is 34.7 Å². The van der Waals surface area contributed by atoms with Gasteiger partial charge in [-0.2, -0.15) is 4.31 Å². The molecule has 2 rings (SSSR count). The molecule has 0 aliphatic carbocycles. The number of carbonyl (C=O) groups excluding carboxylic acids is 1. The van der Waals surface area contributed by atoms with Gasteiger partial charge in [0.25, 0.3) is 0 Å². The van der Waals surface area contributed by atoms with E-state index in [9.17, 15) is 21.6 Å². The summed E-state index contributed by atoms with van der Waals surface area (Å²) in [5.74, 6) is -0.0961. The first-order valence-corrected chi connectivity index (χ1v) is 11.0. The van der Waals surface area contributed by atoms with Gasteiger partial charge in [-0.05, 0) is 24.3 Å². The van der Waals surface area contributed by atoms with Crippen LogP contribution < -0.4 is 0 Å². The van der Waals surface area contributed by atoms with Crippen molar-refractivity contribution in [3.05, 3.63) is 24.3 Å². The lowest BCUT2D eigenvalue weighted by molar-refractivity contribution is -0.135. The van der Waals surface area contributed by atoms with Crippen LogP contribution in [0, 0.1) is 5.92 Å². The number of benzene rings is 1. The minimum atomic E-state index is -3.69. The van der Waals surface area contributed by atoms with E-state index >= 15 is 0 Å². The Hall–Kier alpha value is -1.45. The molecule has 1 aliphatic heterocycles. The fourth-order valence-corrected chi connectivity index (χ4v) is 4.57. The number of hydrogen-bond acceptors (Lipinski definition) is 5. The number of sulfone groups is 1. The van der Waals surface area contributed by atoms with Crippen molar-refractivity contribution in [3.8, 4) is 0 Å². The molecule has 1 amide bonds. The number of amides is 1. The fourth-order valence-electron chi connectivity index (χ4n) is 2.52. The molecular weight excluding hydrogens is 352 g/mol. The van der Waals surface area contributed by atoms with E-state index in [1.807, 2.05) is 13.8 Å². The van der Waals surface area contributed by atoms with Gasteiger partial charge in [0.15, 0.2) is 9.84 Å². The van der Waals surface area contributed by atoms with Crippen molar-refractivity contribution in [2.75, 3.05) is 32.4 Å². The van der Waals surface area contributed by atoms with Gasteiger partial charge >= 0.3 is 0 Å². The molecule has 0 unspecified atom stereocenters. The summed E-state index contributed by atoms with van der Waals surface area (Å²) in [6.07, 6.45) is 1.07. The Balaban J connectivity index is 2.13. The van der Waals surface area contributed by atoms with Crippen LogP contribution in [-0.2, 0) is 24.7 Å². The average Bonchev–Trinajstić information content (AvgIpc) is 2.53. The molecule has 1 heterocycles. The van der Waals surface area contributed by atoms with Crippen LogP contribution in [0.5, 0.6) is 0 Å². The van der Waals surface area contributed by atoms with Gasteiger partial charge in [0.1, 0.15) is 0 Å². The number of rotatable bonds is 4. The van der Waals surface area contributed by atoms with Gasteiger partial charge in [-0.3, -0.25) is 4.79 Å². The summed E-state index contributed by atoms with van der Waals surface area (Å²) in [6, 6.07) is 5.19. The predicted molar refractivity (Wildman–Crippen MR) is 89.7 cm³/mol. The molecule has 0 bridgehead atoms. The third-order valence-corrected chi connectivity index (χ3v) is 6.98. The van der Waals surface area contributed by atoms with Crippen LogP contribution in [0.25, 0.3) is 0 Å². The SMILES string of the molecule is CC(C)C(=O)N1CCN(S(=O)(=O)c2ccc(S(C)(=O)=O)cc2)CC1. The Morgan fingerprint density at radius 3 is 1.79 bits per heavy atom. The largest absolute Gasteiger partial charge is 0.340 e. The second kappa shape index (κ2) is 6.81. The Bertz CT molecular complexity index is 806. The topological polar surface area (TPSA) is 91.8 Å². The Labute approximate surface area is 143 Å². The number of hydrogen-bond donors (Lipinski definition) is 0. The van der Waals surface area contributed by atoms with E-state index in [0.717, 1.165) is 6.26 Å². The molecule has 0 saturated carbocycles. The van der Waals surface area contributed by atoms with E-state index in [1.54, 1.807) is 4.90 Å². The van der Waals surface area contributed by atoms with Gasteiger partial charge in [0.05, 0.1) is 9.79 Å². The number of piperazine rings is 1. The van der Waals surface area contributed by atoms with Gasteiger partial charge in [-0.1, -0.05) is 13.8 Å². The minimum absolute atomic E-state index is 0.0181. The summed E-state index contributed by atoms with van der Waals surface area (Å²) >= 11 is 0. The minimum Gasteiger partial charge on any atom is -0.340 e. The molecule has 0 atom stereocenters. The molecule has 9 heteroatoms. The lowest BCUT2D eigenvalue weighted by Crippen LogP contribution is -2.51. The first kappa shape index (κ1) is 18.9. The lowest BCUT2D eigenvalue weighted by atomic mass is 10.2. The number of nitrogens with zero attached hydrogens (tertiary/aromatic N) is 2. The van der Waals surface area contributed by atoms with Gasteiger partial charge < -0.3 is 4.90 Å². The van der Waals surface area contributed by atoms with Crippen molar-refractivity contribution < 1.29 is 21.6 Å². The first-order chi connectivity index (χ1) is 11.0. The van der Waals surface area contributed by atoms with Crippen LogP contribution in [0.4, 0.5) is 0 Å². The number of sulfonamides is 1. The van der Waals surface area contributed by atoms with E-state index in [0.29, 0.717) is 13.1 Å². The Kier molecular flexibility index (Phi) is 5.36. The second-order valence-corrected chi connectivity index (χ2v) is 10.1. The molecule has 1 saturated heterocycles. The van der Waals surface area contributed by atoms with Gasteiger partial charge in [0, 0.05) is 38.4 Å². The molecule has 0 radical (unpaired) electrons. The van der Waals surface area contributed by atoms with Crippen molar-refractivity contribution in [1.82, 2.24) is 9.21 Å². The van der Waals surface area contributed by atoms with E-state index in [2.05, 4.69) is 0 Å². The first-order valence-electron chi connectivity index (χ1n) is 7.62. The summed E-state index contributed by atoms with van der Waals surface area (Å²) < 4.78 is 49.5. The average molecular weight is 374 g/mol. The highest BCUT2D eigenvalue weighted by atomic mass is 32.2. The van der Waals surface area contributed by atoms with E-state index in [1.165, 1.54) is 28.6 Å². The maximum atomic E-state index is 12.6. The molecule has 1 aromatic carbocycles. The quantitative estimate of drug-likeness (QED) is 0.769. The maximum Gasteiger partial charge on any atom is 0.243 e. The van der Waals surface area contributed by atoms with Gasteiger partial charge in [0.2, 0.25) is 15.9 Å². The highest BCUT2D eigenvalue weighted by Crippen LogP contribution is 2.20. The number of carbonyl (C=O) groups is 1. The zero-order chi connectivity index (χ0) is 18.1. The molecule has 1 fully saturated rings. The molecule has 134 valence electrons.